The SMILES string of the molecule is CCOc1cc(-c2ccc(F)cc2)c(C2CC2)nc1CN1CCC2(CC1)CN(c1ccc(S(N)(=O)=O)cc1)C(=O)O2. The summed E-state index contributed by atoms with van der Waals surface area (Å²) in [5, 5.41) is 5.20. The average molecular weight is 581 g/mol. The Kier molecular flexibility index (Phi) is 7.21. The molecule has 6 rings (SSSR count). The first-order chi connectivity index (χ1) is 19.6. The number of likely N-dealkylation sites (tertiary alicyclic amines) is 1. The van der Waals surface area contributed by atoms with E-state index in [0.29, 0.717) is 44.1 Å². The molecule has 1 spiro atoms. The molecule has 1 amide bonds. The molecule has 9 nitrogen and oxygen atoms in total. The van der Waals surface area contributed by atoms with E-state index in [1.165, 1.54) is 24.3 Å². The van der Waals surface area contributed by atoms with Crippen molar-refractivity contribution in [1.29, 1.82) is 0 Å². The summed E-state index contributed by atoms with van der Waals surface area (Å²) in [4.78, 5) is 21.8. The van der Waals surface area contributed by atoms with Crippen LogP contribution in [0.2, 0.25) is 0 Å². The second-order valence-corrected chi connectivity index (χ2v) is 12.6. The largest absolute Gasteiger partial charge is 0.492 e. The highest BCUT2D eigenvalue weighted by atomic mass is 32.2. The molecule has 2 N–H and O–H groups in total. The van der Waals surface area contributed by atoms with Crippen molar-refractivity contribution >= 4 is 21.8 Å². The van der Waals surface area contributed by atoms with Gasteiger partial charge in [-0.3, -0.25) is 14.8 Å². The third-order valence-electron chi connectivity index (χ3n) is 8.10. The maximum Gasteiger partial charge on any atom is 0.415 e. The van der Waals surface area contributed by atoms with Crippen LogP contribution >= 0.6 is 0 Å². The van der Waals surface area contributed by atoms with E-state index in [9.17, 15) is 17.6 Å². The van der Waals surface area contributed by atoms with Crippen molar-refractivity contribution in [3.8, 4) is 16.9 Å². The zero-order valence-corrected chi connectivity index (χ0v) is 23.7. The van der Waals surface area contributed by atoms with E-state index in [1.807, 2.05) is 6.92 Å². The summed E-state index contributed by atoms with van der Waals surface area (Å²) in [5.41, 5.74) is 3.81. The number of hydrogen-bond donors (Lipinski definition) is 1. The van der Waals surface area contributed by atoms with Gasteiger partial charge in [0, 0.05) is 49.6 Å². The van der Waals surface area contributed by atoms with Crippen LogP contribution in [0.1, 0.15) is 49.9 Å². The molecule has 0 atom stereocenters. The fourth-order valence-electron chi connectivity index (χ4n) is 5.70. The van der Waals surface area contributed by atoms with Gasteiger partial charge in [-0.05, 0) is 67.8 Å². The quantitative estimate of drug-likeness (QED) is 0.407. The van der Waals surface area contributed by atoms with E-state index in [4.69, 9.17) is 19.6 Å². The summed E-state index contributed by atoms with van der Waals surface area (Å²) in [5.74, 6) is 0.866. The Balaban J connectivity index is 1.17. The Morgan fingerprint density at radius 3 is 2.39 bits per heavy atom. The molecule has 41 heavy (non-hydrogen) atoms. The van der Waals surface area contributed by atoms with E-state index in [0.717, 1.165) is 54.2 Å². The molecule has 2 saturated heterocycles. The fourth-order valence-corrected chi connectivity index (χ4v) is 6.22. The number of carbonyl (C=O) groups is 1. The highest BCUT2D eigenvalue weighted by Crippen LogP contribution is 2.45. The molecule has 3 aliphatic rings. The Morgan fingerprint density at radius 2 is 1.78 bits per heavy atom. The normalized spacial score (nSPS) is 19.0. The van der Waals surface area contributed by atoms with E-state index >= 15 is 0 Å². The van der Waals surface area contributed by atoms with E-state index in [2.05, 4.69) is 11.0 Å². The van der Waals surface area contributed by atoms with Crippen LogP contribution < -0.4 is 14.8 Å². The summed E-state index contributed by atoms with van der Waals surface area (Å²) in [7, 11) is -3.81. The topological polar surface area (TPSA) is 115 Å². The number of sulfonamides is 1. The first-order valence-corrected chi connectivity index (χ1v) is 15.5. The molecule has 0 bridgehead atoms. The zero-order valence-electron chi connectivity index (χ0n) is 22.9. The number of hydrogen-bond acceptors (Lipinski definition) is 7. The smallest absolute Gasteiger partial charge is 0.415 e. The number of piperidine rings is 1. The number of ether oxygens (including phenoxy) is 2. The molecule has 2 aromatic carbocycles. The van der Waals surface area contributed by atoms with Crippen molar-refractivity contribution in [1.82, 2.24) is 9.88 Å². The van der Waals surface area contributed by atoms with Crippen LogP contribution in [-0.2, 0) is 21.3 Å². The highest BCUT2D eigenvalue weighted by molar-refractivity contribution is 7.89. The van der Waals surface area contributed by atoms with Gasteiger partial charge in [-0.25, -0.2) is 22.7 Å². The van der Waals surface area contributed by atoms with Gasteiger partial charge in [0.05, 0.1) is 29.4 Å². The summed E-state index contributed by atoms with van der Waals surface area (Å²) >= 11 is 0. The Hall–Kier alpha value is -3.54. The van der Waals surface area contributed by atoms with Gasteiger partial charge >= 0.3 is 6.09 Å². The van der Waals surface area contributed by atoms with Crippen LogP contribution in [0, 0.1) is 5.82 Å². The molecule has 3 aromatic rings. The molecule has 1 aromatic heterocycles. The highest BCUT2D eigenvalue weighted by Gasteiger charge is 2.47. The Morgan fingerprint density at radius 1 is 1.10 bits per heavy atom. The summed E-state index contributed by atoms with van der Waals surface area (Å²) in [6.07, 6.45) is 3.07. The number of rotatable bonds is 8. The molecular formula is C30H33FN4O5S. The molecule has 1 aliphatic carbocycles. The molecule has 3 heterocycles. The molecule has 1 saturated carbocycles. The summed E-state index contributed by atoms with van der Waals surface area (Å²) in [6, 6.07) is 14.5. The number of pyridine rings is 1. The number of benzene rings is 2. The number of nitrogens with two attached hydrogens (primary N) is 1. The fraction of sp³-hybridized carbons (Fsp3) is 0.400. The lowest BCUT2D eigenvalue weighted by molar-refractivity contribution is -0.00140. The van der Waals surface area contributed by atoms with Crippen molar-refractivity contribution in [2.75, 3.05) is 31.1 Å². The number of anilines is 1. The van der Waals surface area contributed by atoms with Gasteiger partial charge in [0.2, 0.25) is 10.0 Å². The van der Waals surface area contributed by atoms with Crippen molar-refractivity contribution in [3.63, 3.8) is 0 Å². The third-order valence-corrected chi connectivity index (χ3v) is 9.03. The van der Waals surface area contributed by atoms with E-state index in [-0.39, 0.29) is 10.7 Å². The maximum atomic E-state index is 13.6. The van der Waals surface area contributed by atoms with Gasteiger partial charge in [0.25, 0.3) is 0 Å². The van der Waals surface area contributed by atoms with E-state index in [1.54, 1.807) is 29.2 Å². The Bertz CT molecular complexity index is 1550. The van der Waals surface area contributed by atoms with Crippen LogP contribution in [-0.4, -0.2) is 56.2 Å². The lowest BCUT2D eigenvalue weighted by Gasteiger charge is -2.37. The predicted octanol–water partition coefficient (Wildman–Crippen LogP) is 4.80. The van der Waals surface area contributed by atoms with Crippen LogP contribution in [0.4, 0.5) is 14.9 Å². The number of carbonyl (C=O) groups excluding carboxylic acids is 1. The number of primary sulfonamides is 1. The van der Waals surface area contributed by atoms with Gasteiger partial charge < -0.3 is 9.47 Å². The maximum absolute atomic E-state index is 13.6. The average Bonchev–Trinajstić information content (AvgIpc) is 3.74. The van der Waals surface area contributed by atoms with Gasteiger partial charge in [-0.15, -0.1) is 0 Å². The van der Waals surface area contributed by atoms with Gasteiger partial charge in [-0.1, -0.05) is 12.1 Å². The monoisotopic (exact) mass is 580 g/mol. The molecule has 2 aliphatic heterocycles. The molecule has 11 heteroatoms. The standard InChI is InChI=1S/C30H33FN4O5S/c1-2-39-27-17-25(20-5-7-22(31)8-6-20)28(21-3-4-21)33-26(27)18-34-15-13-30(14-16-34)19-35(29(36)40-30)23-9-11-24(12-10-23)41(32,37)38/h5-12,17,21H,2-4,13-16,18-19H2,1H3,(H2,32,37,38). The molecular weight excluding hydrogens is 547 g/mol. The molecule has 0 radical (unpaired) electrons. The first-order valence-electron chi connectivity index (χ1n) is 13.9. The lowest BCUT2D eigenvalue weighted by Crippen LogP contribution is -2.46. The molecule has 216 valence electrons. The number of aromatic nitrogens is 1. The number of nitrogens with zero attached hydrogens (tertiary/aromatic N) is 3. The summed E-state index contributed by atoms with van der Waals surface area (Å²) in [6.45, 7) is 4.90. The van der Waals surface area contributed by atoms with Crippen molar-refractivity contribution in [3.05, 3.63) is 71.8 Å². The lowest BCUT2D eigenvalue weighted by atomic mass is 9.91. The minimum atomic E-state index is -3.81. The van der Waals surface area contributed by atoms with Crippen molar-refractivity contribution < 1.29 is 27.1 Å². The van der Waals surface area contributed by atoms with Gasteiger partial charge in [-0.2, -0.15) is 0 Å². The molecule has 0 unspecified atom stereocenters. The van der Waals surface area contributed by atoms with Gasteiger partial charge in [0.1, 0.15) is 17.2 Å². The van der Waals surface area contributed by atoms with Crippen molar-refractivity contribution in [2.45, 2.75) is 55.6 Å². The van der Waals surface area contributed by atoms with Crippen LogP contribution in [0.15, 0.2) is 59.5 Å². The minimum absolute atomic E-state index is 0.00703. The molecule has 3 fully saturated rings. The zero-order chi connectivity index (χ0) is 28.8. The van der Waals surface area contributed by atoms with Crippen LogP contribution in [0.5, 0.6) is 5.75 Å². The minimum Gasteiger partial charge on any atom is -0.492 e. The summed E-state index contributed by atoms with van der Waals surface area (Å²) < 4.78 is 48.7. The second kappa shape index (κ2) is 10.7. The number of amides is 1. The predicted molar refractivity (Wildman–Crippen MR) is 152 cm³/mol. The van der Waals surface area contributed by atoms with Gasteiger partial charge in [0.15, 0.2) is 0 Å². The second-order valence-electron chi connectivity index (χ2n) is 11.0. The van der Waals surface area contributed by atoms with E-state index < -0.39 is 21.7 Å². The van der Waals surface area contributed by atoms with Crippen molar-refractivity contribution in [2.24, 2.45) is 5.14 Å². The Labute approximate surface area is 239 Å². The van der Waals surface area contributed by atoms with Crippen LogP contribution in [0.25, 0.3) is 11.1 Å². The van der Waals surface area contributed by atoms with Crippen LogP contribution in [0.3, 0.4) is 0 Å². The number of halogens is 1. The first kappa shape index (κ1) is 27.6. The third kappa shape index (κ3) is 5.79.